The van der Waals surface area contributed by atoms with Gasteiger partial charge >= 0.3 is 0 Å². The van der Waals surface area contributed by atoms with Crippen LogP contribution < -0.4 is 10.0 Å². The van der Waals surface area contributed by atoms with E-state index in [1.54, 1.807) is 6.92 Å². The molecule has 0 saturated heterocycles. The highest BCUT2D eigenvalue weighted by atomic mass is 32.2. The standard InChI is InChI=1S/C21H26FN3O4S/c1-5-25(14-19(26)23-21(2,3)4)20(27)15-10-12-16(13-11-15)30(28,29)24-18-9-7-6-8-17(18)22/h6-13,24H,5,14H2,1-4H3,(H,23,26). The van der Waals surface area contributed by atoms with Crippen LogP contribution in [-0.4, -0.2) is 43.8 Å². The molecule has 2 amide bonds. The number of rotatable bonds is 7. The highest BCUT2D eigenvalue weighted by molar-refractivity contribution is 7.92. The van der Waals surface area contributed by atoms with Gasteiger partial charge in [-0.15, -0.1) is 0 Å². The minimum atomic E-state index is -4.02. The van der Waals surface area contributed by atoms with Gasteiger partial charge in [-0.05, 0) is 64.1 Å². The first-order valence-electron chi connectivity index (χ1n) is 9.40. The zero-order chi connectivity index (χ0) is 22.5. The summed E-state index contributed by atoms with van der Waals surface area (Å²) in [6.07, 6.45) is 0. The van der Waals surface area contributed by atoms with Gasteiger partial charge in [-0.25, -0.2) is 12.8 Å². The molecule has 0 saturated carbocycles. The Bertz CT molecular complexity index is 1020. The van der Waals surface area contributed by atoms with Crippen LogP contribution in [0, 0.1) is 5.82 Å². The van der Waals surface area contributed by atoms with E-state index in [2.05, 4.69) is 10.0 Å². The third kappa shape index (κ3) is 6.28. The number of nitrogens with zero attached hydrogens (tertiary/aromatic N) is 1. The molecule has 9 heteroatoms. The zero-order valence-electron chi connectivity index (χ0n) is 17.4. The van der Waals surface area contributed by atoms with Crippen molar-refractivity contribution >= 4 is 27.5 Å². The lowest BCUT2D eigenvalue weighted by molar-refractivity contribution is -0.123. The van der Waals surface area contributed by atoms with Crippen molar-refractivity contribution in [1.29, 1.82) is 0 Å². The van der Waals surface area contributed by atoms with E-state index in [1.165, 1.54) is 47.4 Å². The fraction of sp³-hybridized carbons (Fsp3) is 0.333. The van der Waals surface area contributed by atoms with Crippen molar-refractivity contribution in [3.05, 3.63) is 59.9 Å². The first kappa shape index (κ1) is 23.3. The van der Waals surface area contributed by atoms with Gasteiger partial charge < -0.3 is 10.2 Å². The SMILES string of the molecule is CCN(CC(=O)NC(C)(C)C)C(=O)c1ccc(S(=O)(=O)Nc2ccccc2F)cc1. The van der Waals surface area contributed by atoms with E-state index >= 15 is 0 Å². The van der Waals surface area contributed by atoms with Gasteiger partial charge in [0.25, 0.3) is 15.9 Å². The van der Waals surface area contributed by atoms with Gasteiger partial charge in [-0.1, -0.05) is 12.1 Å². The number of anilines is 1. The Balaban J connectivity index is 2.14. The van der Waals surface area contributed by atoms with Crippen molar-refractivity contribution in [1.82, 2.24) is 10.2 Å². The Hall–Kier alpha value is -2.94. The Morgan fingerprint density at radius 3 is 2.17 bits per heavy atom. The molecule has 0 heterocycles. The third-order valence-electron chi connectivity index (χ3n) is 4.05. The first-order valence-corrected chi connectivity index (χ1v) is 10.9. The van der Waals surface area contributed by atoms with Gasteiger partial charge in [-0.2, -0.15) is 0 Å². The normalized spacial score (nSPS) is 11.6. The van der Waals surface area contributed by atoms with Crippen molar-refractivity contribution in [2.24, 2.45) is 0 Å². The molecule has 2 aromatic rings. The number of amides is 2. The number of carbonyl (C=O) groups is 2. The molecule has 0 spiro atoms. The molecule has 0 aliphatic heterocycles. The zero-order valence-corrected chi connectivity index (χ0v) is 18.2. The van der Waals surface area contributed by atoms with Crippen LogP contribution in [-0.2, 0) is 14.8 Å². The predicted octanol–water partition coefficient (Wildman–Crippen LogP) is 3.00. The molecule has 0 atom stereocenters. The molecule has 0 aliphatic rings. The van der Waals surface area contributed by atoms with Gasteiger partial charge in [0.15, 0.2) is 0 Å². The number of sulfonamides is 1. The summed E-state index contributed by atoms with van der Waals surface area (Å²) in [5.74, 6) is -1.38. The van der Waals surface area contributed by atoms with E-state index in [0.717, 1.165) is 6.07 Å². The molecule has 2 aromatic carbocycles. The van der Waals surface area contributed by atoms with Crippen LogP contribution in [0.5, 0.6) is 0 Å². The maximum Gasteiger partial charge on any atom is 0.261 e. The number of nitrogens with one attached hydrogen (secondary N) is 2. The molecule has 0 radical (unpaired) electrons. The lowest BCUT2D eigenvalue weighted by Gasteiger charge is -2.25. The number of likely N-dealkylation sites (N-methyl/N-ethyl adjacent to an activating group) is 1. The monoisotopic (exact) mass is 435 g/mol. The molecule has 0 fully saturated rings. The summed E-state index contributed by atoms with van der Waals surface area (Å²) in [7, 11) is -4.02. The maximum atomic E-state index is 13.7. The smallest absolute Gasteiger partial charge is 0.261 e. The predicted molar refractivity (Wildman–Crippen MR) is 113 cm³/mol. The van der Waals surface area contributed by atoms with Crippen molar-refractivity contribution in [2.75, 3.05) is 17.8 Å². The Morgan fingerprint density at radius 2 is 1.63 bits per heavy atom. The topological polar surface area (TPSA) is 95.6 Å². The van der Waals surface area contributed by atoms with E-state index in [9.17, 15) is 22.4 Å². The van der Waals surface area contributed by atoms with Crippen molar-refractivity contribution in [2.45, 2.75) is 38.1 Å². The molecule has 0 aromatic heterocycles. The third-order valence-corrected chi connectivity index (χ3v) is 5.43. The average Bonchev–Trinajstić information content (AvgIpc) is 2.66. The summed E-state index contributed by atoms with van der Waals surface area (Å²) < 4.78 is 40.9. The second-order valence-electron chi connectivity index (χ2n) is 7.73. The van der Waals surface area contributed by atoms with Gasteiger partial charge in [-0.3, -0.25) is 14.3 Å². The quantitative estimate of drug-likeness (QED) is 0.699. The molecule has 162 valence electrons. The molecule has 0 bridgehead atoms. The van der Waals surface area contributed by atoms with Crippen LogP contribution in [0.4, 0.5) is 10.1 Å². The Morgan fingerprint density at radius 1 is 1.03 bits per heavy atom. The van der Waals surface area contributed by atoms with Gasteiger partial charge in [0.05, 0.1) is 17.1 Å². The minimum absolute atomic E-state index is 0.110. The molecular weight excluding hydrogens is 409 g/mol. The van der Waals surface area contributed by atoms with E-state index in [1.807, 2.05) is 20.8 Å². The van der Waals surface area contributed by atoms with Crippen molar-refractivity contribution < 1.29 is 22.4 Å². The number of para-hydroxylation sites is 1. The fourth-order valence-electron chi connectivity index (χ4n) is 2.67. The van der Waals surface area contributed by atoms with E-state index < -0.39 is 27.3 Å². The molecule has 7 nitrogen and oxygen atoms in total. The molecule has 0 aliphatic carbocycles. The second kappa shape index (κ2) is 9.25. The van der Waals surface area contributed by atoms with Crippen molar-refractivity contribution in [3.63, 3.8) is 0 Å². The number of halogens is 1. The van der Waals surface area contributed by atoms with Crippen LogP contribution in [0.25, 0.3) is 0 Å². The summed E-state index contributed by atoms with van der Waals surface area (Å²) in [6.45, 7) is 7.48. The molecule has 2 rings (SSSR count). The lowest BCUT2D eigenvalue weighted by Crippen LogP contribution is -2.47. The van der Waals surface area contributed by atoms with Crippen molar-refractivity contribution in [3.8, 4) is 0 Å². The largest absolute Gasteiger partial charge is 0.350 e. The molecule has 30 heavy (non-hydrogen) atoms. The average molecular weight is 436 g/mol. The maximum absolute atomic E-state index is 13.7. The molecular formula is C21H26FN3O4S. The summed E-state index contributed by atoms with van der Waals surface area (Å²) in [6, 6.07) is 10.7. The van der Waals surface area contributed by atoms with Crippen LogP contribution in [0.3, 0.4) is 0 Å². The summed E-state index contributed by atoms with van der Waals surface area (Å²) in [4.78, 5) is 26.1. The summed E-state index contributed by atoms with van der Waals surface area (Å²) >= 11 is 0. The van der Waals surface area contributed by atoms with Gasteiger partial charge in [0.2, 0.25) is 5.91 Å². The van der Waals surface area contributed by atoms with Gasteiger partial charge in [0, 0.05) is 17.6 Å². The molecule has 0 unspecified atom stereocenters. The minimum Gasteiger partial charge on any atom is -0.350 e. The Kier molecular flexibility index (Phi) is 7.20. The van der Waals surface area contributed by atoms with E-state index in [4.69, 9.17) is 0 Å². The summed E-state index contributed by atoms with van der Waals surface area (Å²) in [5, 5.41) is 2.80. The van der Waals surface area contributed by atoms with E-state index in [-0.39, 0.29) is 28.6 Å². The Labute approximate surface area is 176 Å². The van der Waals surface area contributed by atoms with Gasteiger partial charge in [0.1, 0.15) is 5.82 Å². The van der Waals surface area contributed by atoms with Crippen LogP contribution in [0.1, 0.15) is 38.1 Å². The first-order chi connectivity index (χ1) is 13.9. The van der Waals surface area contributed by atoms with E-state index in [0.29, 0.717) is 6.54 Å². The lowest BCUT2D eigenvalue weighted by atomic mass is 10.1. The number of carbonyl (C=O) groups excluding carboxylic acids is 2. The summed E-state index contributed by atoms with van der Waals surface area (Å²) in [5.41, 5.74) is -0.342. The fourth-order valence-corrected chi connectivity index (χ4v) is 3.73. The number of hydrogen-bond acceptors (Lipinski definition) is 4. The van der Waals surface area contributed by atoms with Crippen LogP contribution >= 0.6 is 0 Å². The highest BCUT2D eigenvalue weighted by Crippen LogP contribution is 2.19. The highest BCUT2D eigenvalue weighted by Gasteiger charge is 2.22. The number of benzene rings is 2. The molecule has 2 N–H and O–H groups in total. The second-order valence-corrected chi connectivity index (χ2v) is 9.41. The van der Waals surface area contributed by atoms with Crippen LogP contribution in [0.15, 0.2) is 53.4 Å². The van der Waals surface area contributed by atoms with Crippen LogP contribution in [0.2, 0.25) is 0 Å². The number of hydrogen-bond donors (Lipinski definition) is 2.